The number of pyridine rings is 1. The van der Waals surface area contributed by atoms with Crippen molar-refractivity contribution in [2.24, 2.45) is 0 Å². The molecule has 4 amide bonds. The quantitative estimate of drug-likeness (QED) is 0.0712. The van der Waals surface area contributed by atoms with Crippen LogP contribution in [0.15, 0.2) is 52.6 Å². The zero-order chi connectivity index (χ0) is 30.6. The number of carbonyl (C=O) groups is 3. The Morgan fingerprint density at radius 1 is 1.23 bits per heavy atom. The second-order valence-corrected chi connectivity index (χ2v) is 12.6. The number of ether oxygens (including phenoxy) is 1. The van der Waals surface area contributed by atoms with Crippen molar-refractivity contribution in [3.05, 3.63) is 63.9 Å². The number of thioether (sulfide) groups is 1. The Bertz CT molecular complexity index is 1350. The lowest BCUT2D eigenvalue weighted by Gasteiger charge is -2.19. The average molecular weight is 670 g/mol. The molecule has 0 radical (unpaired) electrons. The summed E-state index contributed by atoms with van der Waals surface area (Å²) in [5.41, 5.74) is 1.41. The van der Waals surface area contributed by atoms with Gasteiger partial charge in [0.1, 0.15) is 28.6 Å². The van der Waals surface area contributed by atoms with E-state index in [0.717, 1.165) is 37.0 Å². The van der Waals surface area contributed by atoms with Gasteiger partial charge in [-0.2, -0.15) is 17.0 Å². The lowest BCUT2D eigenvalue weighted by atomic mass is 10.0. The minimum atomic E-state index is -0.454. The highest BCUT2D eigenvalue weighted by Crippen LogP contribution is 2.33. The summed E-state index contributed by atoms with van der Waals surface area (Å²) in [5.74, 6) is 1.16. The van der Waals surface area contributed by atoms with Crippen LogP contribution in [-0.4, -0.2) is 59.1 Å². The van der Waals surface area contributed by atoms with Gasteiger partial charge in [0.25, 0.3) is 5.91 Å². The van der Waals surface area contributed by atoms with Gasteiger partial charge in [0, 0.05) is 17.4 Å². The first-order valence-corrected chi connectivity index (χ1v) is 16.4. The number of hydrogen-bond donors (Lipinski definition) is 4. The van der Waals surface area contributed by atoms with E-state index in [1.807, 2.05) is 49.0 Å². The van der Waals surface area contributed by atoms with Gasteiger partial charge in [-0.1, -0.05) is 38.0 Å². The third-order valence-corrected chi connectivity index (χ3v) is 9.28. The maximum absolute atomic E-state index is 12.9. The summed E-state index contributed by atoms with van der Waals surface area (Å²) in [7, 11) is 0. The number of fused-ring (bicyclic) bond motifs is 1. The first-order valence-electron chi connectivity index (χ1n) is 14.6. The Hall–Kier alpha value is -3.56. The molecule has 0 bridgehead atoms. The Morgan fingerprint density at radius 2 is 2.05 bits per heavy atom. The first-order chi connectivity index (χ1) is 20.9. The molecule has 1 unspecified atom stereocenters. The molecule has 4 N–H and O–H groups in total. The number of halogens is 1. The second kappa shape index (κ2) is 16.3. The van der Waals surface area contributed by atoms with Crippen molar-refractivity contribution < 1.29 is 19.1 Å². The maximum Gasteiger partial charge on any atom is 0.315 e. The Kier molecular flexibility index (Phi) is 12.3. The second-order valence-electron chi connectivity index (χ2n) is 10.5. The van der Waals surface area contributed by atoms with E-state index in [-0.39, 0.29) is 35.6 Å². The fourth-order valence-electron chi connectivity index (χ4n) is 5.17. The van der Waals surface area contributed by atoms with Crippen LogP contribution in [0.3, 0.4) is 0 Å². The average Bonchev–Trinajstić information content (AvgIpc) is 3.55. The molecule has 228 valence electrons. The minimum Gasteiger partial charge on any atom is -0.492 e. The van der Waals surface area contributed by atoms with Crippen molar-refractivity contribution >= 4 is 51.6 Å². The number of nitriles is 1. The number of carbonyl (C=O) groups excluding carboxylic acids is 3. The van der Waals surface area contributed by atoms with E-state index in [4.69, 9.17) is 4.74 Å². The molecule has 12 heteroatoms. The topological polar surface area (TPSA) is 145 Å². The lowest BCUT2D eigenvalue weighted by molar-refractivity contribution is -0.121. The molecule has 2 aliphatic heterocycles. The van der Waals surface area contributed by atoms with E-state index < -0.39 is 5.91 Å². The maximum atomic E-state index is 12.9. The molecule has 4 atom stereocenters. The molecule has 2 aliphatic rings. The zero-order valence-corrected chi connectivity index (χ0v) is 26.5. The number of nitrogens with one attached hydrogen (secondary N) is 4. The number of rotatable bonds is 15. The molecule has 4 rings (SSSR count). The SMILES string of the molecule is CCCC(NC(=O)/C(C#N)=C/c1cccc(Br)n1)c1ccc(OCCNC(=O)CCCC[C@@H]2SC[C@@H]3NC(=O)N[C@@H]32)cc1. The van der Waals surface area contributed by atoms with Crippen molar-refractivity contribution in [2.45, 2.75) is 68.8 Å². The summed E-state index contributed by atoms with van der Waals surface area (Å²) in [6.07, 6.45) is 6.24. The van der Waals surface area contributed by atoms with E-state index in [2.05, 4.69) is 42.2 Å². The number of hydrogen-bond acceptors (Lipinski definition) is 7. The molecule has 2 aromatic rings. The molecule has 3 heterocycles. The van der Waals surface area contributed by atoms with Crippen LogP contribution in [0.2, 0.25) is 0 Å². The van der Waals surface area contributed by atoms with Gasteiger partial charge in [-0.15, -0.1) is 0 Å². The predicted octanol–water partition coefficient (Wildman–Crippen LogP) is 4.63. The smallest absolute Gasteiger partial charge is 0.315 e. The van der Waals surface area contributed by atoms with Gasteiger partial charge in [-0.25, -0.2) is 9.78 Å². The molecule has 0 spiro atoms. The lowest BCUT2D eigenvalue weighted by Crippen LogP contribution is -2.36. The number of benzene rings is 1. The van der Waals surface area contributed by atoms with Gasteiger partial charge in [0.2, 0.25) is 5.91 Å². The molecule has 1 aromatic carbocycles. The fraction of sp³-hybridized carbons (Fsp3) is 0.452. The summed E-state index contributed by atoms with van der Waals surface area (Å²) < 4.78 is 6.42. The highest BCUT2D eigenvalue weighted by Gasteiger charge is 2.42. The normalized spacial score (nSPS) is 19.9. The Balaban J connectivity index is 1.16. The largest absolute Gasteiger partial charge is 0.492 e. The minimum absolute atomic E-state index is 0.00588. The molecule has 1 aromatic heterocycles. The number of nitrogens with zero attached hydrogens (tertiary/aromatic N) is 2. The zero-order valence-electron chi connectivity index (χ0n) is 24.1. The Morgan fingerprint density at radius 3 is 2.79 bits per heavy atom. The number of urea groups is 1. The van der Waals surface area contributed by atoms with Gasteiger partial charge < -0.3 is 26.0 Å². The van der Waals surface area contributed by atoms with E-state index in [9.17, 15) is 19.6 Å². The first kappa shape index (κ1) is 32.4. The molecule has 10 nitrogen and oxygen atoms in total. The summed E-state index contributed by atoms with van der Waals surface area (Å²) in [5, 5.41) is 21.8. The van der Waals surface area contributed by atoms with Crippen LogP contribution in [0.5, 0.6) is 5.75 Å². The third kappa shape index (κ3) is 9.73. The van der Waals surface area contributed by atoms with Crippen LogP contribution in [0, 0.1) is 11.3 Å². The number of unbranched alkanes of at least 4 members (excludes halogenated alkanes) is 1. The summed E-state index contributed by atoms with van der Waals surface area (Å²) in [6.45, 7) is 2.79. The Labute approximate surface area is 264 Å². The van der Waals surface area contributed by atoms with Crippen LogP contribution in [0.4, 0.5) is 4.79 Å². The van der Waals surface area contributed by atoms with Crippen molar-refractivity contribution in [3.8, 4) is 11.8 Å². The molecular weight excluding hydrogens is 632 g/mol. The van der Waals surface area contributed by atoms with Crippen molar-refractivity contribution in [3.63, 3.8) is 0 Å². The highest BCUT2D eigenvalue weighted by atomic mass is 79.9. The van der Waals surface area contributed by atoms with E-state index in [1.165, 1.54) is 6.08 Å². The van der Waals surface area contributed by atoms with Gasteiger partial charge in [-0.3, -0.25) is 9.59 Å². The molecule has 2 saturated heterocycles. The van der Waals surface area contributed by atoms with Crippen LogP contribution in [0.1, 0.15) is 62.7 Å². The van der Waals surface area contributed by atoms with Crippen LogP contribution in [-0.2, 0) is 9.59 Å². The van der Waals surface area contributed by atoms with Crippen LogP contribution < -0.4 is 26.0 Å². The van der Waals surface area contributed by atoms with Crippen molar-refractivity contribution in [1.82, 2.24) is 26.3 Å². The predicted molar refractivity (Wildman–Crippen MR) is 170 cm³/mol. The molecule has 0 aliphatic carbocycles. The van der Waals surface area contributed by atoms with Gasteiger partial charge >= 0.3 is 6.03 Å². The molecular formula is C31H37BrN6O4S. The molecule has 43 heavy (non-hydrogen) atoms. The van der Waals surface area contributed by atoms with Gasteiger partial charge in [-0.05, 0) is 71.1 Å². The standard InChI is InChI=1S/C31H37BrN6O4S/c1-2-6-24(36-30(40)21(18-33)17-22-7-5-9-27(32)35-22)20-11-13-23(14-12-20)42-16-15-34-28(39)10-4-3-8-26-29-25(19-43-26)37-31(41)38-29/h5,7,9,11-14,17,24-26,29H,2-4,6,8,10,15-16,19H2,1H3,(H,34,39)(H,36,40)(H2,37,38,41)/b21-17+/t24?,25-,26-,29-/m0/s1. The monoisotopic (exact) mass is 668 g/mol. The number of aromatic nitrogens is 1. The van der Waals surface area contributed by atoms with Crippen molar-refractivity contribution in [2.75, 3.05) is 18.9 Å². The van der Waals surface area contributed by atoms with Crippen LogP contribution in [0.25, 0.3) is 6.08 Å². The third-order valence-electron chi connectivity index (χ3n) is 7.33. The summed E-state index contributed by atoms with van der Waals surface area (Å²) in [6, 6.07) is 14.8. The molecule has 0 saturated carbocycles. The number of amides is 4. The van der Waals surface area contributed by atoms with Crippen LogP contribution >= 0.6 is 27.7 Å². The summed E-state index contributed by atoms with van der Waals surface area (Å²) >= 11 is 5.19. The van der Waals surface area contributed by atoms with Crippen molar-refractivity contribution in [1.29, 1.82) is 5.26 Å². The van der Waals surface area contributed by atoms with E-state index >= 15 is 0 Å². The van der Waals surface area contributed by atoms with E-state index in [0.29, 0.717) is 47.3 Å². The highest BCUT2D eigenvalue weighted by molar-refractivity contribution is 9.10. The van der Waals surface area contributed by atoms with E-state index in [1.54, 1.807) is 18.2 Å². The van der Waals surface area contributed by atoms with Gasteiger partial charge in [0.05, 0.1) is 30.4 Å². The van der Waals surface area contributed by atoms with Gasteiger partial charge in [0.15, 0.2) is 0 Å². The fourth-order valence-corrected chi connectivity index (χ4v) is 7.07. The molecule has 2 fully saturated rings. The summed E-state index contributed by atoms with van der Waals surface area (Å²) in [4.78, 5) is 40.9.